The van der Waals surface area contributed by atoms with E-state index in [1.807, 2.05) is 11.5 Å². The van der Waals surface area contributed by atoms with Gasteiger partial charge in [0, 0.05) is 36.4 Å². The highest BCUT2D eigenvalue weighted by Crippen LogP contribution is 2.14. The maximum absolute atomic E-state index is 12.5. The molecule has 0 fully saturated rings. The van der Waals surface area contributed by atoms with Gasteiger partial charge < -0.3 is 5.32 Å². The van der Waals surface area contributed by atoms with E-state index in [1.54, 1.807) is 49.1 Å². The van der Waals surface area contributed by atoms with Gasteiger partial charge in [0.2, 0.25) is 0 Å². The Hall–Kier alpha value is -3.68. The molecule has 3 heterocycles. The van der Waals surface area contributed by atoms with Gasteiger partial charge in [-0.05, 0) is 25.1 Å². The SMILES string of the molecule is Cc1nccn1-c1cc(NC(=O)c2ccc3nccnc3c2)ncn1. The van der Waals surface area contributed by atoms with Crippen LogP contribution >= 0.6 is 0 Å². The molecule has 0 radical (unpaired) electrons. The maximum Gasteiger partial charge on any atom is 0.256 e. The zero-order valence-corrected chi connectivity index (χ0v) is 13.3. The monoisotopic (exact) mass is 331 g/mol. The Morgan fingerprint density at radius 2 is 1.80 bits per heavy atom. The van der Waals surface area contributed by atoms with Crippen molar-refractivity contribution in [2.75, 3.05) is 5.32 Å². The maximum atomic E-state index is 12.5. The van der Waals surface area contributed by atoms with Crippen molar-refractivity contribution in [2.45, 2.75) is 6.92 Å². The lowest BCUT2D eigenvalue weighted by molar-refractivity contribution is 0.102. The number of benzene rings is 1. The molecule has 1 amide bonds. The number of imidazole rings is 1. The number of nitrogens with one attached hydrogen (secondary N) is 1. The Labute approximate surface area is 142 Å². The van der Waals surface area contributed by atoms with Crippen molar-refractivity contribution in [3.05, 3.63) is 66.8 Å². The number of amides is 1. The van der Waals surface area contributed by atoms with Crippen LogP contribution < -0.4 is 5.32 Å². The summed E-state index contributed by atoms with van der Waals surface area (Å²) in [5.74, 6) is 1.55. The van der Waals surface area contributed by atoms with E-state index in [9.17, 15) is 4.79 Å². The molecular weight excluding hydrogens is 318 g/mol. The average Bonchev–Trinajstić information content (AvgIpc) is 3.07. The fraction of sp³-hybridized carbons (Fsp3) is 0.0588. The van der Waals surface area contributed by atoms with Gasteiger partial charge in [-0.2, -0.15) is 0 Å². The minimum atomic E-state index is -0.278. The Morgan fingerprint density at radius 1 is 0.960 bits per heavy atom. The molecule has 25 heavy (non-hydrogen) atoms. The quantitative estimate of drug-likeness (QED) is 0.618. The standard InChI is InChI=1S/C17H13N7O/c1-11-18-6-7-24(11)16-9-15(21-10-22-16)23-17(25)12-2-3-13-14(8-12)20-5-4-19-13/h2-10H,1H3,(H,21,22,23,25). The predicted octanol–water partition coefficient (Wildman–Crippen LogP) is 2.17. The highest BCUT2D eigenvalue weighted by Gasteiger charge is 2.10. The van der Waals surface area contributed by atoms with Crippen molar-refractivity contribution in [1.82, 2.24) is 29.5 Å². The molecule has 0 aliphatic carbocycles. The van der Waals surface area contributed by atoms with Crippen molar-refractivity contribution in [2.24, 2.45) is 0 Å². The molecule has 3 aromatic heterocycles. The van der Waals surface area contributed by atoms with Crippen LogP contribution in [-0.2, 0) is 0 Å². The van der Waals surface area contributed by atoms with E-state index in [-0.39, 0.29) is 5.91 Å². The van der Waals surface area contributed by atoms with Crippen LogP contribution in [0.2, 0.25) is 0 Å². The van der Waals surface area contributed by atoms with E-state index in [0.29, 0.717) is 22.7 Å². The normalized spacial score (nSPS) is 10.8. The fourth-order valence-corrected chi connectivity index (χ4v) is 2.46. The van der Waals surface area contributed by atoms with Crippen molar-refractivity contribution in [3.8, 4) is 5.82 Å². The Bertz CT molecular complexity index is 1070. The van der Waals surface area contributed by atoms with Gasteiger partial charge in [-0.25, -0.2) is 15.0 Å². The van der Waals surface area contributed by atoms with Gasteiger partial charge in [0.15, 0.2) is 0 Å². The van der Waals surface area contributed by atoms with E-state index in [4.69, 9.17) is 0 Å². The van der Waals surface area contributed by atoms with Crippen LogP contribution in [0.4, 0.5) is 5.82 Å². The van der Waals surface area contributed by atoms with Gasteiger partial charge in [0.1, 0.15) is 23.8 Å². The third kappa shape index (κ3) is 2.92. The zero-order valence-electron chi connectivity index (χ0n) is 13.3. The highest BCUT2D eigenvalue weighted by molar-refractivity contribution is 6.05. The van der Waals surface area contributed by atoms with Crippen molar-refractivity contribution in [1.29, 1.82) is 0 Å². The molecule has 0 atom stereocenters. The molecule has 1 N–H and O–H groups in total. The molecule has 0 saturated carbocycles. The molecule has 0 saturated heterocycles. The van der Waals surface area contributed by atoms with Crippen molar-refractivity contribution >= 4 is 22.8 Å². The number of rotatable bonds is 3. The molecule has 4 aromatic rings. The highest BCUT2D eigenvalue weighted by atomic mass is 16.1. The molecule has 4 rings (SSSR count). The summed E-state index contributed by atoms with van der Waals surface area (Å²) in [6.45, 7) is 1.87. The first-order chi connectivity index (χ1) is 12.2. The van der Waals surface area contributed by atoms with Crippen LogP contribution in [0.5, 0.6) is 0 Å². The van der Waals surface area contributed by atoms with E-state index < -0.39 is 0 Å². The minimum absolute atomic E-state index is 0.278. The lowest BCUT2D eigenvalue weighted by Gasteiger charge is -2.08. The van der Waals surface area contributed by atoms with Crippen LogP contribution in [-0.4, -0.2) is 35.4 Å². The molecule has 8 nitrogen and oxygen atoms in total. The number of carbonyl (C=O) groups excluding carboxylic acids is 1. The number of hydrogen-bond acceptors (Lipinski definition) is 6. The van der Waals surface area contributed by atoms with Crippen molar-refractivity contribution in [3.63, 3.8) is 0 Å². The zero-order chi connectivity index (χ0) is 17.2. The molecule has 0 aliphatic heterocycles. The van der Waals surface area contributed by atoms with Gasteiger partial charge in [0.25, 0.3) is 5.91 Å². The van der Waals surface area contributed by atoms with E-state index >= 15 is 0 Å². The van der Waals surface area contributed by atoms with E-state index in [0.717, 1.165) is 11.3 Å². The number of nitrogens with zero attached hydrogens (tertiary/aromatic N) is 6. The summed E-state index contributed by atoms with van der Waals surface area (Å²) >= 11 is 0. The van der Waals surface area contributed by atoms with Gasteiger partial charge in [0.05, 0.1) is 11.0 Å². The summed E-state index contributed by atoms with van der Waals surface area (Å²) in [6.07, 6.45) is 8.09. The number of fused-ring (bicyclic) bond motifs is 1. The predicted molar refractivity (Wildman–Crippen MR) is 91.4 cm³/mol. The molecule has 0 aliphatic rings. The summed E-state index contributed by atoms with van der Waals surface area (Å²) in [4.78, 5) is 33.4. The molecule has 1 aromatic carbocycles. The van der Waals surface area contributed by atoms with Crippen LogP contribution in [0.25, 0.3) is 16.9 Å². The first-order valence-electron chi connectivity index (χ1n) is 7.55. The second-order valence-electron chi connectivity index (χ2n) is 5.32. The first kappa shape index (κ1) is 14.9. The van der Waals surface area contributed by atoms with Crippen molar-refractivity contribution < 1.29 is 4.79 Å². The lowest BCUT2D eigenvalue weighted by Crippen LogP contribution is -2.14. The van der Waals surface area contributed by atoms with Crippen LogP contribution in [0.3, 0.4) is 0 Å². The third-order valence-corrected chi connectivity index (χ3v) is 3.70. The number of aryl methyl sites for hydroxylation is 1. The molecule has 122 valence electrons. The lowest BCUT2D eigenvalue weighted by atomic mass is 10.2. The molecule has 0 bridgehead atoms. The number of anilines is 1. The minimum Gasteiger partial charge on any atom is -0.306 e. The number of carbonyl (C=O) groups is 1. The fourth-order valence-electron chi connectivity index (χ4n) is 2.46. The topological polar surface area (TPSA) is 98.5 Å². The molecule has 8 heteroatoms. The van der Waals surface area contributed by atoms with Crippen LogP contribution in [0.15, 0.2) is 55.4 Å². The summed E-state index contributed by atoms with van der Waals surface area (Å²) in [5.41, 5.74) is 1.87. The summed E-state index contributed by atoms with van der Waals surface area (Å²) < 4.78 is 1.81. The third-order valence-electron chi connectivity index (χ3n) is 3.70. The summed E-state index contributed by atoms with van der Waals surface area (Å²) in [5, 5.41) is 2.77. The Kier molecular flexibility index (Phi) is 3.62. The number of aromatic nitrogens is 6. The largest absolute Gasteiger partial charge is 0.306 e. The Morgan fingerprint density at radius 3 is 2.60 bits per heavy atom. The molecule has 0 unspecified atom stereocenters. The molecule has 0 spiro atoms. The first-order valence-corrected chi connectivity index (χ1v) is 7.55. The Balaban J connectivity index is 1.61. The summed E-state index contributed by atoms with van der Waals surface area (Å²) in [6, 6.07) is 6.85. The summed E-state index contributed by atoms with van der Waals surface area (Å²) in [7, 11) is 0. The molecular formula is C17H13N7O. The van der Waals surface area contributed by atoms with Gasteiger partial charge in [-0.15, -0.1) is 0 Å². The second-order valence-corrected chi connectivity index (χ2v) is 5.32. The van der Waals surface area contributed by atoms with Crippen LogP contribution in [0, 0.1) is 6.92 Å². The number of hydrogen-bond donors (Lipinski definition) is 1. The van der Waals surface area contributed by atoms with E-state index in [2.05, 4.69) is 30.2 Å². The van der Waals surface area contributed by atoms with Gasteiger partial charge in [-0.1, -0.05) is 0 Å². The second kappa shape index (κ2) is 6.08. The smallest absolute Gasteiger partial charge is 0.256 e. The van der Waals surface area contributed by atoms with E-state index in [1.165, 1.54) is 6.33 Å². The van der Waals surface area contributed by atoms with Crippen LogP contribution in [0.1, 0.15) is 16.2 Å². The van der Waals surface area contributed by atoms with Gasteiger partial charge in [-0.3, -0.25) is 19.3 Å². The van der Waals surface area contributed by atoms with Gasteiger partial charge >= 0.3 is 0 Å². The average molecular weight is 331 g/mol.